The van der Waals surface area contributed by atoms with Crippen molar-refractivity contribution < 1.29 is 37.0 Å². The van der Waals surface area contributed by atoms with Gasteiger partial charge in [0.1, 0.15) is 17.4 Å². The van der Waals surface area contributed by atoms with Crippen LogP contribution in [0.4, 0.5) is 9.18 Å². The van der Waals surface area contributed by atoms with E-state index < -0.39 is 39.5 Å². The molecule has 2 heterocycles. The Morgan fingerprint density at radius 3 is 2.42 bits per heavy atom. The van der Waals surface area contributed by atoms with Crippen LogP contribution in [0.1, 0.15) is 56.2 Å². The standard InChI is InChI=1S/C31H32FN3O7S/c1-18-5-10-21(11-6-18)43(39,40)35-17-22(20-8-9-20)27-26(13-14-33-28(27)35)41-25-12-7-19(15-23(25)32)16-24(29(36)37)34-30(38)42-31(2,3)4/h5-7,10-15,17,20,24H,8-9,16H2,1-4H3,(H,34,38)(H,36,37). The van der Waals surface area contributed by atoms with Crippen LogP contribution < -0.4 is 10.1 Å². The predicted molar refractivity (Wildman–Crippen MR) is 156 cm³/mol. The number of aliphatic carboxylic acids is 1. The number of pyridine rings is 1. The Morgan fingerprint density at radius 1 is 1.12 bits per heavy atom. The number of carboxylic acids is 1. The van der Waals surface area contributed by atoms with Crippen LogP contribution in [0.15, 0.2) is 65.8 Å². The minimum Gasteiger partial charge on any atom is -0.480 e. The summed E-state index contributed by atoms with van der Waals surface area (Å²) in [6, 6.07) is 10.7. The van der Waals surface area contributed by atoms with Crippen molar-refractivity contribution in [3.63, 3.8) is 0 Å². The minimum atomic E-state index is -3.97. The fourth-order valence-corrected chi connectivity index (χ4v) is 6.00. The number of hydrogen-bond acceptors (Lipinski definition) is 7. The number of nitrogens with one attached hydrogen (secondary N) is 1. The van der Waals surface area contributed by atoms with Crippen LogP contribution >= 0.6 is 0 Å². The third kappa shape index (κ3) is 6.64. The fourth-order valence-electron chi connectivity index (χ4n) is 4.68. The molecule has 0 saturated heterocycles. The molecule has 0 bridgehead atoms. The molecule has 1 aliphatic rings. The van der Waals surface area contributed by atoms with Gasteiger partial charge in [0.15, 0.2) is 17.2 Å². The molecule has 1 aliphatic carbocycles. The van der Waals surface area contributed by atoms with Crippen LogP contribution in [-0.2, 0) is 26.0 Å². The van der Waals surface area contributed by atoms with E-state index in [1.54, 1.807) is 57.3 Å². The second kappa shape index (κ2) is 11.3. The van der Waals surface area contributed by atoms with Gasteiger partial charge in [-0.2, -0.15) is 0 Å². The van der Waals surface area contributed by atoms with Crippen molar-refractivity contribution in [3.05, 3.63) is 83.4 Å². The molecule has 1 fully saturated rings. The van der Waals surface area contributed by atoms with Crippen LogP contribution in [0, 0.1) is 12.7 Å². The lowest BCUT2D eigenvalue weighted by molar-refractivity contribution is -0.139. The van der Waals surface area contributed by atoms with E-state index >= 15 is 4.39 Å². The van der Waals surface area contributed by atoms with Gasteiger partial charge >= 0.3 is 12.1 Å². The number of amides is 1. The fraction of sp³-hybridized carbons (Fsp3) is 0.323. The number of carbonyl (C=O) groups excluding carboxylic acids is 1. The lowest BCUT2D eigenvalue weighted by Crippen LogP contribution is -2.44. The zero-order chi connectivity index (χ0) is 31.1. The first-order valence-corrected chi connectivity index (χ1v) is 15.2. The van der Waals surface area contributed by atoms with Crippen molar-refractivity contribution in [3.8, 4) is 11.5 Å². The summed E-state index contributed by atoms with van der Waals surface area (Å²) in [6.45, 7) is 6.82. The highest BCUT2D eigenvalue weighted by Crippen LogP contribution is 2.47. The highest BCUT2D eigenvalue weighted by Gasteiger charge is 2.33. The molecule has 4 aromatic rings. The summed E-state index contributed by atoms with van der Waals surface area (Å²) in [5.41, 5.74) is 1.34. The monoisotopic (exact) mass is 609 g/mol. The van der Waals surface area contributed by atoms with Crippen molar-refractivity contribution in [1.82, 2.24) is 14.3 Å². The van der Waals surface area contributed by atoms with E-state index in [-0.39, 0.29) is 34.4 Å². The molecular weight excluding hydrogens is 577 g/mol. The molecule has 0 spiro atoms. The number of nitrogens with zero attached hydrogens (tertiary/aromatic N) is 2. The molecule has 226 valence electrons. The van der Waals surface area contributed by atoms with Crippen LogP contribution in [0.3, 0.4) is 0 Å². The number of ether oxygens (including phenoxy) is 2. The number of rotatable bonds is 9. The summed E-state index contributed by atoms with van der Waals surface area (Å²) in [5, 5.41) is 12.4. The normalized spacial score (nSPS) is 14.3. The minimum absolute atomic E-state index is 0.118. The first-order valence-electron chi connectivity index (χ1n) is 13.7. The van der Waals surface area contributed by atoms with E-state index in [1.165, 1.54) is 18.3 Å². The molecule has 10 nitrogen and oxygen atoms in total. The number of carbonyl (C=O) groups is 2. The summed E-state index contributed by atoms with van der Waals surface area (Å²) < 4.78 is 54.7. The van der Waals surface area contributed by atoms with Gasteiger partial charge in [0.05, 0.1) is 10.3 Å². The number of halogens is 1. The van der Waals surface area contributed by atoms with E-state index in [0.29, 0.717) is 10.9 Å². The van der Waals surface area contributed by atoms with E-state index in [9.17, 15) is 23.1 Å². The third-order valence-corrected chi connectivity index (χ3v) is 8.55. The van der Waals surface area contributed by atoms with E-state index in [0.717, 1.165) is 34.0 Å². The molecule has 5 rings (SSSR count). The number of aryl methyl sites for hydroxylation is 1. The number of aromatic nitrogens is 2. The van der Waals surface area contributed by atoms with Crippen LogP contribution in [-0.4, -0.2) is 46.2 Å². The van der Waals surface area contributed by atoms with Gasteiger partial charge in [-0.25, -0.2) is 31.4 Å². The summed E-state index contributed by atoms with van der Waals surface area (Å²) >= 11 is 0. The molecule has 43 heavy (non-hydrogen) atoms. The molecule has 2 aromatic carbocycles. The van der Waals surface area contributed by atoms with E-state index in [4.69, 9.17) is 9.47 Å². The molecule has 12 heteroatoms. The summed E-state index contributed by atoms with van der Waals surface area (Å²) in [4.78, 5) is 28.3. The Balaban J connectivity index is 1.44. The number of carboxylic acid groups (broad SMARTS) is 1. The van der Waals surface area contributed by atoms with Crippen molar-refractivity contribution >= 4 is 33.1 Å². The van der Waals surface area contributed by atoms with E-state index in [2.05, 4.69) is 10.3 Å². The molecular formula is C31H32FN3O7S. The zero-order valence-corrected chi connectivity index (χ0v) is 24.9. The second-order valence-electron chi connectivity index (χ2n) is 11.6. The maximum Gasteiger partial charge on any atom is 0.408 e. The second-order valence-corrected chi connectivity index (χ2v) is 13.4. The first-order chi connectivity index (χ1) is 20.2. The summed E-state index contributed by atoms with van der Waals surface area (Å²) in [6.07, 6.45) is 3.63. The van der Waals surface area contributed by atoms with Gasteiger partial charge in [0, 0.05) is 18.8 Å². The average molecular weight is 610 g/mol. The van der Waals surface area contributed by atoms with Crippen molar-refractivity contribution in [2.75, 3.05) is 0 Å². The maximum absolute atomic E-state index is 15.3. The van der Waals surface area contributed by atoms with Gasteiger partial charge in [-0.15, -0.1) is 0 Å². The Hall–Kier alpha value is -4.45. The quantitative estimate of drug-likeness (QED) is 0.239. The zero-order valence-electron chi connectivity index (χ0n) is 24.1. The third-order valence-electron chi connectivity index (χ3n) is 6.89. The van der Waals surface area contributed by atoms with Gasteiger partial charge in [-0.05, 0) is 87.9 Å². The van der Waals surface area contributed by atoms with E-state index in [1.807, 2.05) is 6.92 Å². The van der Waals surface area contributed by atoms with Crippen molar-refractivity contribution in [2.45, 2.75) is 69.4 Å². The molecule has 1 unspecified atom stereocenters. The van der Waals surface area contributed by atoms with Crippen molar-refractivity contribution in [1.29, 1.82) is 0 Å². The lowest BCUT2D eigenvalue weighted by atomic mass is 10.1. The lowest BCUT2D eigenvalue weighted by Gasteiger charge is -2.22. The summed E-state index contributed by atoms with van der Waals surface area (Å²) in [5.74, 6) is -1.83. The Bertz CT molecular complexity index is 1810. The van der Waals surface area contributed by atoms with Gasteiger partial charge in [0.25, 0.3) is 10.0 Å². The largest absolute Gasteiger partial charge is 0.480 e. The molecule has 0 radical (unpaired) electrons. The summed E-state index contributed by atoms with van der Waals surface area (Å²) in [7, 11) is -3.97. The molecule has 1 saturated carbocycles. The van der Waals surface area contributed by atoms with Crippen LogP contribution in [0.5, 0.6) is 11.5 Å². The van der Waals surface area contributed by atoms with Gasteiger partial charge in [-0.3, -0.25) is 0 Å². The first kappa shape index (κ1) is 30.0. The van der Waals surface area contributed by atoms with Gasteiger partial charge < -0.3 is 19.9 Å². The Kier molecular flexibility index (Phi) is 7.91. The predicted octanol–water partition coefficient (Wildman–Crippen LogP) is 5.91. The van der Waals surface area contributed by atoms with Gasteiger partial charge in [0.2, 0.25) is 0 Å². The molecule has 2 N–H and O–H groups in total. The highest BCUT2D eigenvalue weighted by atomic mass is 32.2. The van der Waals surface area contributed by atoms with Crippen LogP contribution in [0.25, 0.3) is 11.0 Å². The molecule has 1 atom stereocenters. The molecule has 2 aromatic heterocycles. The average Bonchev–Trinajstić information content (AvgIpc) is 3.68. The number of alkyl carbamates (subject to hydrolysis) is 1. The smallest absolute Gasteiger partial charge is 0.408 e. The molecule has 0 aliphatic heterocycles. The number of hydrogen-bond donors (Lipinski definition) is 2. The highest BCUT2D eigenvalue weighted by molar-refractivity contribution is 7.90. The SMILES string of the molecule is Cc1ccc(S(=O)(=O)n2cc(C3CC3)c3c(Oc4ccc(CC(NC(=O)OC(C)(C)C)C(=O)O)cc4F)ccnc32)cc1. The van der Waals surface area contributed by atoms with Crippen LogP contribution in [0.2, 0.25) is 0 Å². The Labute approximate surface area is 248 Å². The number of benzene rings is 2. The number of fused-ring (bicyclic) bond motifs is 1. The Morgan fingerprint density at radius 2 is 1.81 bits per heavy atom. The van der Waals surface area contributed by atoms with Crippen molar-refractivity contribution in [2.24, 2.45) is 0 Å². The molecule has 1 amide bonds. The topological polar surface area (TPSA) is 137 Å². The maximum atomic E-state index is 15.3. The van der Waals surface area contributed by atoms with Gasteiger partial charge in [-0.1, -0.05) is 23.8 Å².